The number of hydrogen-bond acceptors (Lipinski definition) is 3. The molecule has 1 aliphatic heterocycles. The summed E-state index contributed by atoms with van der Waals surface area (Å²) in [4.78, 5) is 32.0. The maximum atomic E-state index is 12.9. The highest BCUT2D eigenvalue weighted by molar-refractivity contribution is 6.05. The predicted molar refractivity (Wildman–Crippen MR) is 120 cm³/mol. The van der Waals surface area contributed by atoms with Gasteiger partial charge in [0.2, 0.25) is 0 Å². The molecule has 5 rings (SSSR count). The first-order chi connectivity index (χ1) is 15.1. The van der Waals surface area contributed by atoms with Crippen LogP contribution in [0, 0.1) is 17.8 Å². The highest BCUT2D eigenvalue weighted by atomic mass is 16.2. The number of rotatable bonds is 3. The number of nitrogens with one attached hydrogen (secondary N) is 1. The molecule has 0 atom stereocenters. The number of aromatic nitrogens is 1. The molecule has 2 heterocycles. The van der Waals surface area contributed by atoms with Crippen molar-refractivity contribution in [1.29, 1.82) is 0 Å². The first-order valence-corrected chi connectivity index (χ1v) is 10.6. The summed E-state index contributed by atoms with van der Waals surface area (Å²) >= 11 is 0. The van der Waals surface area contributed by atoms with E-state index in [-0.39, 0.29) is 23.3 Å². The Labute approximate surface area is 181 Å². The Hall–Kier alpha value is -3.65. The summed E-state index contributed by atoms with van der Waals surface area (Å²) in [7, 11) is 0. The van der Waals surface area contributed by atoms with Gasteiger partial charge in [-0.05, 0) is 55.0 Å². The lowest BCUT2D eigenvalue weighted by atomic mass is 9.65. The number of terminal acetylenes is 1. The van der Waals surface area contributed by atoms with Crippen LogP contribution in [0.3, 0.4) is 0 Å². The van der Waals surface area contributed by atoms with E-state index in [2.05, 4.69) is 16.2 Å². The van der Waals surface area contributed by atoms with Crippen molar-refractivity contribution in [3.63, 3.8) is 0 Å². The van der Waals surface area contributed by atoms with E-state index in [1.807, 2.05) is 53.4 Å². The van der Waals surface area contributed by atoms with E-state index in [1.165, 1.54) is 0 Å². The fourth-order valence-corrected chi connectivity index (χ4v) is 5.00. The zero-order valence-electron chi connectivity index (χ0n) is 17.2. The predicted octanol–water partition coefficient (Wildman–Crippen LogP) is 3.64. The zero-order valence-corrected chi connectivity index (χ0v) is 17.2. The first kappa shape index (κ1) is 19.3. The van der Waals surface area contributed by atoms with Crippen molar-refractivity contribution in [3.8, 4) is 12.3 Å². The van der Waals surface area contributed by atoms with Crippen molar-refractivity contribution in [1.82, 2.24) is 15.2 Å². The molecule has 0 radical (unpaired) electrons. The van der Waals surface area contributed by atoms with Gasteiger partial charge < -0.3 is 10.2 Å². The number of nitrogens with zero attached hydrogens (tertiary/aromatic N) is 2. The van der Waals surface area contributed by atoms with E-state index in [1.54, 1.807) is 12.3 Å². The fourth-order valence-electron chi connectivity index (χ4n) is 5.00. The monoisotopic (exact) mass is 409 g/mol. The molecule has 3 aromatic rings. The molecule has 1 aromatic heterocycles. The topological polar surface area (TPSA) is 62.3 Å². The van der Waals surface area contributed by atoms with E-state index < -0.39 is 0 Å². The van der Waals surface area contributed by atoms with E-state index in [9.17, 15) is 9.59 Å². The second-order valence-electron chi connectivity index (χ2n) is 8.66. The number of pyridine rings is 1. The normalized spacial score (nSPS) is 22.2. The maximum absolute atomic E-state index is 12.9. The average Bonchev–Trinajstić information content (AvgIpc) is 3.23. The van der Waals surface area contributed by atoms with Gasteiger partial charge in [-0.1, -0.05) is 30.2 Å². The lowest BCUT2D eigenvalue weighted by Crippen LogP contribution is -2.52. The van der Waals surface area contributed by atoms with Crippen molar-refractivity contribution in [2.45, 2.75) is 25.3 Å². The third kappa shape index (κ3) is 3.55. The van der Waals surface area contributed by atoms with Crippen molar-refractivity contribution in [3.05, 3.63) is 77.5 Å². The third-order valence-electron chi connectivity index (χ3n) is 6.57. The van der Waals surface area contributed by atoms with Crippen LogP contribution in [0.15, 0.2) is 60.8 Å². The van der Waals surface area contributed by atoms with Crippen LogP contribution in [0.4, 0.5) is 0 Å². The van der Waals surface area contributed by atoms with Crippen LogP contribution in [-0.2, 0) is 0 Å². The van der Waals surface area contributed by atoms with Crippen LogP contribution in [0.5, 0.6) is 0 Å². The molecule has 2 aromatic carbocycles. The van der Waals surface area contributed by atoms with E-state index in [4.69, 9.17) is 6.42 Å². The van der Waals surface area contributed by atoms with Gasteiger partial charge in [-0.3, -0.25) is 14.6 Å². The summed E-state index contributed by atoms with van der Waals surface area (Å²) in [6.45, 7) is 1.47. The zero-order chi connectivity index (χ0) is 21.4. The van der Waals surface area contributed by atoms with Gasteiger partial charge in [-0.2, -0.15) is 0 Å². The highest BCUT2D eigenvalue weighted by Gasteiger charge is 2.49. The molecular weight excluding hydrogens is 386 g/mol. The molecule has 0 unspecified atom stereocenters. The van der Waals surface area contributed by atoms with Gasteiger partial charge >= 0.3 is 0 Å². The molecule has 1 spiro atoms. The lowest BCUT2D eigenvalue weighted by Gasteiger charge is -2.45. The summed E-state index contributed by atoms with van der Waals surface area (Å²) in [6, 6.07) is 16.9. The summed E-state index contributed by atoms with van der Waals surface area (Å²) < 4.78 is 0. The second kappa shape index (κ2) is 7.55. The lowest BCUT2D eigenvalue weighted by molar-refractivity contribution is 0.0610. The number of para-hydroxylation sites is 1. The Balaban J connectivity index is 1.21. The van der Waals surface area contributed by atoms with Crippen molar-refractivity contribution in [2.75, 3.05) is 13.1 Å². The number of carbonyl (C=O) groups excluding carboxylic acids is 2. The summed E-state index contributed by atoms with van der Waals surface area (Å²) in [5.41, 5.74) is 2.79. The number of fused-ring (bicyclic) bond motifs is 1. The molecular formula is C26H23N3O2. The Morgan fingerprint density at radius 3 is 2.77 bits per heavy atom. The van der Waals surface area contributed by atoms with Crippen LogP contribution in [0.1, 0.15) is 45.5 Å². The van der Waals surface area contributed by atoms with Crippen LogP contribution in [0.25, 0.3) is 10.9 Å². The van der Waals surface area contributed by atoms with E-state index in [0.29, 0.717) is 16.7 Å². The van der Waals surface area contributed by atoms with Crippen LogP contribution in [0.2, 0.25) is 0 Å². The third-order valence-corrected chi connectivity index (χ3v) is 6.57. The van der Waals surface area contributed by atoms with Gasteiger partial charge in [0.25, 0.3) is 11.8 Å². The van der Waals surface area contributed by atoms with Gasteiger partial charge in [-0.15, -0.1) is 6.42 Å². The maximum Gasteiger partial charge on any atom is 0.253 e. The average molecular weight is 409 g/mol. The smallest absolute Gasteiger partial charge is 0.253 e. The molecule has 5 nitrogen and oxygen atoms in total. The number of amides is 2. The van der Waals surface area contributed by atoms with Crippen LogP contribution < -0.4 is 5.32 Å². The van der Waals surface area contributed by atoms with Gasteiger partial charge in [-0.25, -0.2) is 0 Å². The molecule has 5 heteroatoms. The summed E-state index contributed by atoms with van der Waals surface area (Å²) in [5.74, 6) is 2.53. The first-order valence-electron chi connectivity index (χ1n) is 10.6. The molecule has 1 saturated heterocycles. The number of benzene rings is 2. The molecule has 0 bridgehead atoms. The quantitative estimate of drug-likeness (QED) is 0.672. The van der Waals surface area contributed by atoms with Crippen molar-refractivity contribution < 1.29 is 9.59 Å². The van der Waals surface area contributed by atoms with Crippen molar-refractivity contribution >= 4 is 22.7 Å². The van der Waals surface area contributed by atoms with Crippen LogP contribution in [-0.4, -0.2) is 40.8 Å². The Morgan fingerprint density at radius 1 is 1.13 bits per heavy atom. The Kier molecular flexibility index (Phi) is 4.71. The number of carbonyl (C=O) groups is 2. The molecule has 1 N–H and O–H groups in total. The largest absolute Gasteiger partial charge is 0.349 e. The Bertz CT molecular complexity index is 1220. The summed E-state index contributed by atoms with van der Waals surface area (Å²) in [6.07, 6.45) is 9.93. The minimum absolute atomic E-state index is 0.0308. The minimum atomic E-state index is -0.0822. The minimum Gasteiger partial charge on any atom is -0.349 e. The second-order valence-corrected chi connectivity index (χ2v) is 8.66. The van der Waals surface area contributed by atoms with Gasteiger partial charge in [0.1, 0.15) is 0 Å². The van der Waals surface area contributed by atoms with Crippen LogP contribution >= 0.6 is 0 Å². The molecule has 1 saturated carbocycles. The molecule has 1 aliphatic carbocycles. The number of likely N-dealkylation sites (tertiary alicyclic amines) is 1. The molecule has 2 amide bonds. The SMILES string of the molecule is C#Cc1cccc(C(=O)N2CCC3(CC(NC(=O)c4cccc5cccnc45)C3)C2)c1. The Morgan fingerprint density at radius 2 is 1.94 bits per heavy atom. The molecule has 31 heavy (non-hydrogen) atoms. The summed E-state index contributed by atoms with van der Waals surface area (Å²) in [5, 5.41) is 4.12. The number of hydrogen-bond donors (Lipinski definition) is 1. The fraction of sp³-hybridized carbons (Fsp3) is 0.269. The van der Waals surface area contributed by atoms with E-state index in [0.717, 1.165) is 43.3 Å². The highest BCUT2D eigenvalue weighted by Crippen LogP contribution is 2.48. The van der Waals surface area contributed by atoms with Crippen molar-refractivity contribution in [2.24, 2.45) is 5.41 Å². The van der Waals surface area contributed by atoms with Gasteiger partial charge in [0.05, 0.1) is 11.1 Å². The molecule has 2 fully saturated rings. The van der Waals surface area contributed by atoms with E-state index >= 15 is 0 Å². The standard InChI is InChI=1S/C26H23N3O2/c1-2-18-6-3-8-20(14-18)25(31)29-13-11-26(17-29)15-21(16-26)28-24(30)22-10-4-7-19-9-5-12-27-23(19)22/h1,3-10,12,14,21H,11,13,15-17H2,(H,28,30). The molecule has 154 valence electrons. The van der Waals surface area contributed by atoms with Gasteiger partial charge in [0, 0.05) is 41.8 Å². The molecule has 2 aliphatic rings. The van der Waals surface area contributed by atoms with Gasteiger partial charge in [0.15, 0.2) is 0 Å².